The zero-order valence-electron chi connectivity index (χ0n) is 14.9. The molecule has 0 spiro atoms. The van der Waals surface area contributed by atoms with E-state index in [1.807, 2.05) is 0 Å². The minimum Gasteiger partial charge on any atom is -0.472 e. The van der Waals surface area contributed by atoms with Gasteiger partial charge >= 0.3 is 6.18 Å². The topological polar surface area (TPSA) is 55.3 Å². The van der Waals surface area contributed by atoms with Crippen LogP contribution in [0, 0.1) is 6.92 Å². The summed E-state index contributed by atoms with van der Waals surface area (Å²) in [6, 6.07) is 6.38. The molecule has 0 unspecified atom stereocenters. The maximum Gasteiger partial charge on any atom is 0.416 e. The summed E-state index contributed by atoms with van der Waals surface area (Å²) in [7, 11) is 0. The Hall–Kier alpha value is -2.64. The van der Waals surface area contributed by atoms with Gasteiger partial charge in [0, 0.05) is 18.8 Å². The van der Waals surface area contributed by atoms with Gasteiger partial charge in [0.05, 0.1) is 18.5 Å². The molecule has 0 radical (unpaired) electrons. The summed E-state index contributed by atoms with van der Waals surface area (Å²) < 4.78 is 43.7. The van der Waals surface area contributed by atoms with Gasteiger partial charge in [-0.15, -0.1) is 0 Å². The number of amides is 1. The van der Waals surface area contributed by atoms with E-state index in [1.165, 1.54) is 12.1 Å². The molecule has 1 aromatic heterocycles. The van der Waals surface area contributed by atoms with Crippen molar-refractivity contribution in [2.24, 2.45) is 0 Å². The molecule has 1 aliphatic rings. The minimum absolute atomic E-state index is 0.0669. The summed E-state index contributed by atoms with van der Waals surface area (Å²) in [5, 5.41) is 0. The largest absolute Gasteiger partial charge is 0.472 e. The van der Waals surface area contributed by atoms with Crippen molar-refractivity contribution in [3.8, 4) is 5.88 Å². The van der Waals surface area contributed by atoms with E-state index >= 15 is 0 Å². The number of likely N-dealkylation sites (tertiary alicyclic amines) is 1. The number of ether oxygens (including phenoxy) is 1. The molecule has 0 saturated carbocycles. The Bertz CT molecular complexity index is 794. The highest BCUT2D eigenvalue weighted by molar-refractivity contribution is 5.79. The number of carbonyl (C=O) groups is 1. The third-order valence-electron chi connectivity index (χ3n) is 4.41. The first-order valence-electron chi connectivity index (χ1n) is 8.71. The van der Waals surface area contributed by atoms with Crippen LogP contribution in [0.3, 0.4) is 0 Å². The molecule has 1 atom stereocenters. The van der Waals surface area contributed by atoms with Gasteiger partial charge in [0.25, 0.3) is 0 Å². The number of hydrogen-bond donors (Lipinski definition) is 0. The SMILES string of the molecule is Cc1nccc(O[C@H]2CCCN(C(=O)Cc3ccc(C(F)(F)F)cc3)C2)n1. The van der Waals surface area contributed by atoms with Crippen LogP contribution in [-0.2, 0) is 17.4 Å². The first kappa shape index (κ1) is 19.1. The average molecular weight is 379 g/mol. The Morgan fingerprint density at radius 2 is 2.00 bits per heavy atom. The van der Waals surface area contributed by atoms with Crippen molar-refractivity contribution in [2.75, 3.05) is 13.1 Å². The summed E-state index contributed by atoms with van der Waals surface area (Å²) in [5.41, 5.74) is -0.159. The fourth-order valence-electron chi connectivity index (χ4n) is 3.03. The van der Waals surface area contributed by atoms with Gasteiger partial charge in [-0.05, 0) is 37.5 Å². The molecule has 5 nitrogen and oxygen atoms in total. The quantitative estimate of drug-likeness (QED) is 0.817. The molecule has 3 rings (SSSR count). The van der Waals surface area contributed by atoms with Gasteiger partial charge in [-0.1, -0.05) is 12.1 Å². The molecule has 2 aromatic rings. The minimum atomic E-state index is -4.38. The molecule has 8 heteroatoms. The molecular formula is C19H20F3N3O2. The number of hydrogen-bond acceptors (Lipinski definition) is 4. The highest BCUT2D eigenvalue weighted by atomic mass is 19.4. The van der Waals surface area contributed by atoms with E-state index < -0.39 is 11.7 Å². The lowest BCUT2D eigenvalue weighted by Crippen LogP contribution is -2.45. The molecule has 144 valence electrons. The molecule has 1 fully saturated rings. The maximum atomic E-state index is 12.6. The number of benzene rings is 1. The Balaban J connectivity index is 1.58. The molecule has 1 amide bonds. The van der Waals surface area contributed by atoms with Crippen LogP contribution in [0.5, 0.6) is 5.88 Å². The maximum absolute atomic E-state index is 12.6. The molecular weight excluding hydrogens is 359 g/mol. The molecule has 0 aliphatic carbocycles. The number of nitrogens with zero attached hydrogens (tertiary/aromatic N) is 3. The second-order valence-corrected chi connectivity index (χ2v) is 6.54. The van der Waals surface area contributed by atoms with Crippen molar-refractivity contribution < 1.29 is 22.7 Å². The van der Waals surface area contributed by atoms with Crippen LogP contribution < -0.4 is 4.74 Å². The van der Waals surface area contributed by atoms with Gasteiger partial charge in [0.2, 0.25) is 11.8 Å². The van der Waals surface area contributed by atoms with Crippen molar-refractivity contribution in [1.29, 1.82) is 0 Å². The Labute approximate surface area is 155 Å². The highest BCUT2D eigenvalue weighted by Gasteiger charge is 2.30. The first-order valence-corrected chi connectivity index (χ1v) is 8.71. The fraction of sp³-hybridized carbons (Fsp3) is 0.421. The van der Waals surface area contributed by atoms with Gasteiger partial charge in [-0.2, -0.15) is 18.2 Å². The third-order valence-corrected chi connectivity index (χ3v) is 4.41. The van der Waals surface area contributed by atoms with Gasteiger partial charge < -0.3 is 9.64 Å². The lowest BCUT2D eigenvalue weighted by molar-refractivity contribution is -0.137. The number of aryl methyl sites for hydroxylation is 1. The zero-order chi connectivity index (χ0) is 19.4. The average Bonchev–Trinajstić information content (AvgIpc) is 2.62. The number of carbonyl (C=O) groups excluding carboxylic acids is 1. The van der Waals surface area contributed by atoms with Crippen LogP contribution in [0.25, 0.3) is 0 Å². The van der Waals surface area contributed by atoms with Gasteiger partial charge in [-0.25, -0.2) is 4.98 Å². The molecule has 2 heterocycles. The molecule has 0 N–H and O–H groups in total. The molecule has 27 heavy (non-hydrogen) atoms. The standard InChI is InChI=1S/C19H20F3N3O2/c1-13-23-9-8-17(24-13)27-16-3-2-10-25(12-16)18(26)11-14-4-6-15(7-5-14)19(20,21)22/h4-9,16H,2-3,10-12H2,1H3/t16-/m0/s1. The lowest BCUT2D eigenvalue weighted by Gasteiger charge is -2.32. The summed E-state index contributed by atoms with van der Waals surface area (Å²) >= 11 is 0. The van der Waals surface area contributed by atoms with E-state index in [-0.39, 0.29) is 18.4 Å². The van der Waals surface area contributed by atoms with Crippen molar-refractivity contribution in [2.45, 2.75) is 38.5 Å². The monoisotopic (exact) mass is 379 g/mol. The predicted octanol–water partition coefficient (Wildman–Crippen LogP) is 3.42. The van der Waals surface area contributed by atoms with Gasteiger partial charge in [0.15, 0.2) is 0 Å². The molecule has 1 aliphatic heterocycles. The second kappa shape index (κ2) is 7.94. The summed E-state index contributed by atoms with van der Waals surface area (Å²) in [6.07, 6.45) is -1.24. The summed E-state index contributed by atoms with van der Waals surface area (Å²) in [4.78, 5) is 22.4. The fourth-order valence-corrected chi connectivity index (χ4v) is 3.03. The van der Waals surface area contributed by atoms with E-state index in [0.29, 0.717) is 30.4 Å². The number of rotatable bonds is 4. The van der Waals surface area contributed by atoms with Crippen LogP contribution in [0.4, 0.5) is 13.2 Å². The number of aromatic nitrogens is 2. The van der Waals surface area contributed by atoms with E-state index in [2.05, 4.69) is 9.97 Å². The van der Waals surface area contributed by atoms with Gasteiger partial charge in [0.1, 0.15) is 11.9 Å². The van der Waals surface area contributed by atoms with Crippen LogP contribution in [0.15, 0.2) is 36.5 Å². The Morgan fingerprint density at radius 1 is 1.26 bits per heavy atom. The predicted molar refractivity (Wildman–Crippen MR) is 92.1 cm³/mol. The molecule has 0 bridgehead atoms. The lowest BCUT2D eigenvalue weighted by atomic mass is 10.1. The summed E-state index contributed by atoms with van der Waals surface area (Å²) in [5.74, 6) is 0.963. The number of halogens is 3. The summed E-state index contributed by atoms with van der Waals surface area (Å²) in [6.45, 7) is 2.82. The van der Waals surface area contributed by atoms with Crippen molar-refractivity contribution in [3.63, 3.8) is 0 Å². The smallest absolute Gasteiger partial charge is 0.416 e. The zero-order valence-corrected chi connectivity index (χ0v) is 14.9. The van der Waals surface area contributed by atoms with Crippen LogP contribution in [0.1, 0.15) is 29.8 Å². The van der Waals surface area contributed by atoms with Crippen LogP contribution >= 0.6 is 0 Å². The van der Waals surface area contributed by atoms with E-state index in [1.54, 1.807) is 24.1 Å². The first-order chi connectivity index (χ1) is 12.8. The van der Waals surface area contributed by atoms with Crippen molar-refractivity contribution in [1.82, 2.24) is 14.9 Å². The van der Waals surface area contributed by atoms with Crippen molar-refractivity contribution >= 4 is 5.91 Å². The molecule has 1 aromatic carbocycles. The van der Waals surface area contributed by atoms with Crippen LogP contribution in [0.2, 0.25) is 0 Å². The Kier molecular flexibility index (Phi) is 5.62. The number of alkyl halides is 3. The van der Waals surface area contributed by atoms with E-state index in [0.717, 1.165) is 25.0 Å². The van der Waals surface area contributed by atoms with E-state index in [9.17, 15) is 18.0 Å². The van der Waals surface area contributed by atoms with Gasteiger partial charge in [-0.3, -0.25) is 4.79 Å². The van der Waals surface area contributed by atoms with Crippen molar-refractivity contribution in [3.05, 3.63) is 53.5 Å². The van der Waals surface area contributed by atoms with Crippen LogP contribution in [-0.4, -0.2) is 40.0 Å². The normalized spacial score (nSPS) is 17.6. The van der Waals surface area contributed by atoms with E-state index in [4.69, 9.17) is 4.74 Å². The number of piperidine rings is 1. The third kappa shape index (κ3) is 5.18. The Morgan fingerprint density at radius 3 is 2.67 bits per heavy atom. The second-order valence-electron chi connectivity index (χ2n) is 6.54. The highest BCUT2D eigenvalue weighted by Crippen LogP contribution is 2.29. The molecule has 1 saturated heterocycles.